The number of nitrogens with one attached hydrogen (secondary N) is 1. The van der Waals surface area contributed by atoms with Crippen LogP contribution >= 0.6 is 27.7 Å². The van der Waals surface area contributed by atoms with E-state index in [2.05, 4.69) is 21.2 Å². The van der Waals surface area contributed by atoms with Crippen molar-refractivity contribution >= 4 is 56.5 Å². The molecule has 33 heavy (non-hydrogen) atoms. The summed E-state index contributed by atoms with van der Waals surface area (Å²) in [7, 11) is 0. The monoisotopic (exact) mass is 522 g/mol. The number of benzene rings is 3. The van der Waals surface area contributed by atoms with Crippen molar-refractivity contribution in [3.8, 4) is 5.75 Å². The van der Waals surface area contributed by atoms with Crippen LogP contribution in [-0.4, -0.2) is 28.5 Å². The summed E-state index contributed by atoms with van der Waals surface area (Å²) in [5.74, 6) is -0.359. The molecule has 3 amide bonds. The zero-order chi connectivity index (χ0) is 23.2. The van der Waals surface area contributed by atoms with Gasteiger partial charge in [0.2, 0.25) is 5.91 Å². The molecular weight excluding hydrogens is 504 g/mol. The normalized spacial score (nSPS) is 14.6. The Morgan fingerprint density at radius 2 is 1.67 bits per heavy atom. The number of ether oxygens (including phenoxy) is 1. The molecule has 0 spiro atoms. The summed E-state index contributed by atoms with van der Waals surface area (Å²) in [4.78, 5) is 38.8. The summed E-state index contributed by atoms with van der Waals surface area (Å²) in [6, 6.07) is 24.1. The molecule has 0 bridgehead atoms. The Kier molecular flexibility index (Phi) is 7.26. The molecule has 166 valence electrons. The van der Waals surface area contributed by atoms with E-state index in [9.17, 15) is 14.4 Å². The van der Waals surface area contributed by atoms with E-state index in [0.29, 0.717) is 23.6 Å². The number of hydrogen-bond donors (Lipinski definition) is 1. The summed E-state index contributed by atoms with van der Waals surface area (Å²) >= 11 is 4.14. The molecule has 8 heteroatoms. The van der Waals surface area contributed by atoms with Gasteiger partial charge >= 0.3 is 0 Å². The lowest BCUT2D eigenvalue weighted by Gasteiger charge is -2.12. The van der Waals surface area contributed by atoms with Crippen LogP contribution in [0.15, 0.2) is 88.2 Å². The van der Waals surface area contributed by atoms with Gasteiger partial charge in [0.1, 0.15) is 18.9 Å². The number of imide groups is 1. The Bertz CT molecular complexity index is 1210. The number of rotatable bonds is 7. The molecule has 1 heterocycles. The smallest absolute Gasteiger partial charge is 0.294 e. The van der Waals surface area contributed by atoms with Gasteiger partial charge in [-0.25, -0.2) is 0 Å². The zero-order valence-electron chi connectivity index (χ0n) is 17.4. The maximum Gasteiger partial charge on any atom is 0.294 e. The van der Waals surface area contributed by atoms with Crippen LogP contribution in [0.5, 0.6) is 5.75 Å². The average Bonchev–Trinajstić information content (AvgIpc) is 3.08. The molecular formula is C25H19BrN2O4S. The minimum atomic E-state index is -0.506. The predicted octanol–water partition coefficient (Wildman–Crippen LogP) is 5.70. The van der Waals surface area contributed by atoms with Crippen LogP contribution in [0.1, 0.15) is 11.1 Å². The van der Waals surface area contributed by atoms with Gasteiger partial charge in [0.15, 0.2) is 0 Å². The third-order valence-electron chi connectivity index (χ3n) is 4.75. The zero-order valence-corrected chi connectivity index (χ0v) is 19.8. The van der Waals surface area contributed by atoms with Crippen molar-refractivity contribution < 1.29 is 19.1 Å². The van der Waals surface area contributed by atoms with Crippen LogP contribution in [0, 0.1) is 0 Å². The van der Waals surface area contributed by atoms with Crippen molar-refractivity contribution in [2.75, 3.05) is 11.9 Å². The van der Waals surface area contributed by atoms with E-state index in [1.807, 2.05) is 54.6 Å². The SMILES string of the molecule is O=C(CN1C(=O)S/C(=C/c2ccccc2OCc2ccccc2)C1=O)Nc1ccc(Br)cc1. The Labute approximate surface area is 203 Å². The molecule has 3 aromatic carbocycles. The minimum absolute atomic E-state index is 0.243. The second-order valence-electron chi connectivity index (χ2n) is 7.14. The Hall–Kier alpha value is -3.36. The van der Waals surface area contributed by atoms with Gasteiger partial charge in [0.25, 0.3) is 11.1 Å². The van der Waals surface area contributed by atoms with Crippen molar-refractivity contribution in [2.45, 2.75) is 6.61 Å². The fourth-order valence-electron chi connectivity index (χ4n) is 3.12. The molecule has 4 rings (SSSR count). The van der Waals surface area contributed by atoms with Crippen molar-refractivity contribution in [2.24, 2.45) is 0 Å². The van der Waals surface area contributed by atoms with Gasteiger partial charge in [0.05, 0.1) is 4.91 Å². The van der Waals surface area contributed by atoms with Crippen LogP contribution in [0.3, 0.4) is 0 Å². The first-order valence-electron chi connectivity index (χ1n) is 10.1. The molecule has 0 aliphatic carbocycles. The quantitative estimate of drug-likeness (QED) is 0.402. The lowest BCUT2D eigenvalue weighted by atomic mass is 10.1. The van der Waals surface area contributed by atoms with E-state index in [1.165, 1.54) is 0 Å². The van der Waals surface area contributed by atoms with Gasteiger partial charge in [-0.2, -0.15) is 0 Å². The molecule has 0 radical (unpaired) electrons. The van der Waals surface area contributed by atoms with Gasteiger partial charge in [0, 0.05) is 15.7 Å². The van der Waals surface area contributed by atoms with Crippen molar-refractivity contribution in [3.05, 3.63) is 99.4 Å². The van der Waals surface area contributed by atoms with Crippen LogP contribution < -0.4 is 10.1 Å². The van der Waals surface area contributed by atoms with Crippen LogP contribution in [0.4, 0.5) is 10.5 Å². The Morgan fingerprint density at radius 3 is 2.42 bits per heavy atom. The van der Waals surface area contributed by atoms with Crippen molar-refractivity contribution in [1.29, 1.82) is 0 Å². The molecule has 0 aromatic heterocycles. The van der Waals surface area contributed by atoms with Crippen molar-refractivity contribution in [3.63, 3.8) is 0 Å². The predicted molar refractivity (Wildman–Crippen MR) is 133 cm³/mol. The number of hydrogen-bond acceptors (Lipinski definition) is 5. The lowest BCUT2D eigenvalue weighted by Crippen LogP contribution is -2.36. The minimum Gasteiger partial charge on any atom is -0.488 e. The highest BCUT2D eigenvalue weighted by Crippen LogP contribution is 2.34. The standard InChI is InChI=1S/C25H19BrN2O4S/c26-19-10-12-20(13-11-19)27-23(29)15-28-24(30)22(33-25(28)31)14-18-8-4-5-9-21(18)32-16-17-6-2-1-3-7-17/h1-14H,15-16H2,(H,27,29)/b22-14+. The lowest BCUT2D eigenvalue weighted by molar-refractivity contribution is -0.127. The first-order chi connectivity index (χ1) is 16.0. The second kappa shape index (κ2) is 10.5. The summed E-state index contributed by atoms with van der Waals surface area (Å²) < 4.78 is 6.81. The highest BCUT2D eigenvalue weighted by atomic mass is 79.9. The fraction of sp³-hybridized carbons (Fsp3) is 0.0800. The number of amides is 3. The maximum atomic E-state index is 12.8. The summed E-state index contributed by atoms with van der Waals surface area (Å²) in [5.41, 5.74) is 2.28. The molecule has 1 fully saturated rings. The molecule has 6 nitrogen and oxygen atoms in total. The average molecular weight is 523 g/mol. The fourth-order valence-corrected chi connectivity index (χ4v) is 4.21. The summed E-state index contributed by atoms with van der Waals surface area (Å²) in [6.45, 7) is 0.0215. The topological polar surface area (TPSA) is 75.7 Å². The van der Waals surface area contributed by atoms with Crippen LogP contribution in [-0.2, 0) is 16.2 Å². The highest BCUT2D eigenvalue weighted by Gasteiger charge is 2.36. The first kappa shape index (κ1) is 22.8. The number of para-hydroxylation sites is 1. The van der Waals surface area contributed by atoms with Gasteiger partial charge in [-0.1, -0.05) is 64.5 Å². The Morgan fingerprint density at radius 1 is 0.970 bits per heavy atom. The van der Waals surface area contributed by atoms with E-state index in [4.69, 9.17) is 4.74 Å². The number of halogens is 1. The molecule has 0 unspecified atom stereocenters. The van der Waals surface area contributed by atoms with Crippen molar-refractivity contribution in [1.82, 2.24) is 4.90 Å². The Balaban J connectivity index is 1.44. The molecule has 1 saturated heterocycles. The maximum absolute atomic E-state index is 12.8. The largest absolute Gasteiger partial charge is 0.488 e. The molecule has 1 aliphatic rings. The summed E-state index contributed by atoms with van der Waals surface area (Å²) in [5, 5.41) is 2.20. The molecule has 0 saturated carbocycles. The van der Waals surface area contributed by atoms with Gasteiger partial charge in [-0.05, 0) is 53.7 Å². The third kappa shape index (κ3) is 5.91. The molecule has 3 aromatic rings. The second-order valence-corrected chi connectivity index (χ2v) is 9.04. The van der Waals surface area contributed by atoms with E-state index in [-0.39, 0.29) is 11.4 Å². The summed E-state index contributed by atoms with van der Waals surface area (Å²) in [6.07, 6.45) is 1.62. The van der Waals surface area contributed by atoms with Crippen LogP contribution in [0.25, 0.3) is 6.08 Å². The van der Waals surface area contributed by atoms with E-state index < -0.39 is 17.1 Å². The van der Waals surface area contributed by atoms with Gasteiger partial charge < -0.3 is 10.1 Å². The van der Waals surface area contributed by atoms with E-state index in [0.717, 1.165) is 26.7 Å². The van der Waals surface area contributed by atoms with Crippen LogP contribution in [0.2, 0.25) is 0 Å². The van der Waals surface area contributed by atoms with E-state index >= 15 is 0 Å². The first-order valence-corrected chi connectivity index (χ1v) is 11.7. The number of nitrogens with zero attached hydrogens (tertiary/aromatic N) is 1. The molecule has 1 N–H and O–H groups in total. The molecule has 1 aliphatic heterocycles. The van der Waals surface area contributed by atoms with Gasteiger partial charge in [-0.15, -0.1) is 0 Å². The number of carbonyl (C=O) groups is 3. The van der Waals surface area contributed by atoms with E-state index in [1.54, 1.807) is 30.3 Å². The number of carbonyl (C=O) groups excluding carboxylic acids is 3. The van der Waals surface area contributed by atoms with Gasteiger partial charge in [-0.3, -0.25) is 19.3 Å². The highest BCUT2D eigenvalue weighted by molar-refractivity contribution is 9.10. The molecule has 0 atom stereocenters. The number of anilines is 1. The number of thioether (sulfide) groups is 1. The third-order valence-corrected chi connectivity index (χ3v) is 6.18.